The summed E-state index contributed by atoms with van der Waals surface area (Å²) in [7, 11) is 0. The van der Waals surface area contributed by atoms with Crippen LogP contribution < -0.4 is 0 Å². The van der Waals surface area contributed by atoms with Crippen LogP contribution in [0, 0.1) is 16.9 Å². The number of hydrogen-bond donors (Lipinski definition) is 1. The third-order valence-corrected chi connectivity index (χ3v) is 10.3. The molecule has 1 aliphatic rings. The van der Waals surface area contributed by atoms with E-state index in [2.05, 4.69) is 86.8 Å². The molecule has 0 fully saturated rings. The maximum Gasteiger partial charge on any atom is 0.164 e. The van der Waals surface area contributed by atoms with Crippen molar-refractivity contribution in [3.8, 4) is 22.4 Å². The number of ketones is 1. The number of rotatable bonds is 9. The predicted molar refractivity (Wildman–Crippen MR) is 186 cm³/mol. The molecule has 0 atom stereocenters. The summed E-state index contributed by atoms with van der Waals surface area (Å²) < 4.78 is 0. The van der Waals surface area contributed by atoms with Crippen LogP contribution in [0.4, 0.5) is 0 Å². The van der Waals surface area contributed by atoms with Gasteiger partial charge in [0.1, 0.15) is 5.76 Å². The Morgan fingerprint density at radius 2 is 1.47 bits per heavy atom. The van der Waals surface area contributed by atoms with Crippen LogP contribution in [0.25, 0.3) is 33.2 Å². The van der Waals surface area contributed by atoms with Gasteiger partial charge in [-0.15, -0.1) is 29.1 Å². The fourth-order valence-electron chi connectivity index (χ4n) is 5.91. The number of hydrogen-bond acceptors (Lipinski definition) is 3. The van der Waals surface area contributed by atoms with E-state index in [1.165, 1.54) is 44.7 Å². The maximum absolute atomic E-state index is 12.2. The maximum atomic E-state index is 12.2. The standard InChI is InChI=1S/C26H22N.C15H28O2.Ir/c1-17(2)24-14-21(13-19-8-4-6-10-23(19)24)26-15-25-20(16-27-26)12-11-18-7-3-5-9-22(18)25;1-7-14(5,8-2)12(16)11-13(17)15(6,9-3)10-4;/h3-10,14-17H,11-12H2,1-2H3;11,16H,7-10H2,1-6H3;/q-1;;/b;12-11-;. The van der Waals surface area contributed by atoms with Crippen LogP contribution in [0.15, 0.2) is 78.7 Å². The number of carbonyl (C=O) groups excluding carboxylic acids is 1. The van der Waals surface area contributed by atoms with Crippen molar-refractivity contribution < 1.29 is 30.0 Å². The largest absolute Gasteiger partial charge is 0.512 e. The fourth-order valence-corrected chi connectivity index (χ4v) is 5.91. The zero-order valence-electron chi connectivity index (χ0n) is 28.4. The molecule has 0 amide bonds. The molecule has 4 heteroatoms. The number of aliphatic hydroxyl groups excluding tert-OH is 1. The van der Waals surface area contributed by atoms with Gasteiger partial charge in [-0.1, -0.05) is 115 Å². The third kappa shape index (κ3) is 7.84. The summed E-state index contributed by atoms with van der Waals surface area (Å²) in [4.78, 5) is 17.0. The molecule has 0 bridgehead atoms. The Bertz CT molecular complexity index is 1640. The van der Waals surface area contributed by atoms with Crippen LogP contribution in [-0.4, -0.2) is 15.9 Å². The van der Waals surface area contributed by atoms with Gasteiger partial charge in [0.2, 0.25) is 0 Å². The van der Waals surface area contributed by atoms with E-state index in [9.17, 15) is 9.90 Å². The van der Waals surface area contributed by atoms with Crippen molar-refractivity contribution >= 4 is 16.6 Å². The second-order valence-electron chi connectivity index (χ2n) is 13.2. The first kappa shape index (κ1) is 36.4. The molecule has 0 saturated carbocycles. The summed E-state index contributed by atoms with van der Waals surface area (Å²) in [6.07, 6.45) is 8.99. The summed E-state index contributed by atoms with van der Waals surface area (Å²) in [5.74, 6) is 0.746. The molecule has 0 spiro atoms. The molecule has 1 radical (unpaired) electrons. The van der Waals surface area contributed by atoms with Crippen LogP contribution in [-0.2, 0) is 37.7 Å². The van der Waals surface area contributed by atoms with Gasteiger partial charge in [0.15, 0.2) is 5.78 Å². The minimum absolute atomic E-state index is 0. The molecule has 3 aromatic carbocycles. The van der Waals surface area contributed by atoms with Crippen LogP contribution in [0.2, 0.25) is 0 Å². The molecule has 45 heavy (non-hydrogen) atoms. The molecule has 3 nitrogen and oxygen atoms in total. The smallest absolute Gasteiger partial charge is 0.164 e. The van der Waals surface area contributed by atoms with Gasteiger partial charge in [-0.25, -0.2) is 0 Å². The average molecular weight is 781 g/mol. The van der Waals surface area contributed by atoms with E-state index in [0.29, 0.717) is 5.92 Å². The second kappa shape index (κ2) is 15.5. The molecule has 1 aromatic heterocycles. The summed E-state index contributed by atoms with van der Waals surface area (Å²) in [6.45, 7) is 16.6. The Morgan fingerprint density at radius 1 is 0.867 bits per heavy atom. The van der Waals surface area contributed by atoms with Gasteiger partial charge in [0.05, 0.1) is 0 Å². The van der Waals surface area contributed by atoms with Gasteiger partial charge in [-0.3, -0.25) is 9.78 Å². The van der Waals surface area contributed by atoms with E-state index < -0.39 is 0 Å². The SMILES string of the molecule is CC(C)c1cc(-c2cc3c(cn2)CCc2ccccc2-3)[c-]c2ccccc12.CCC(C)(CC)C(=O)/C=C(\O)C(C)(CC)CC.[Ir]. The van der Waals surface area contributed by atoms with Crippen molar-refractivity contribution in [1.82, 2.24) is 4.98 Å². The number of aliphatic hydroxyl groups is 1. The average Bonchev–Trinajstić information content (AvgIpc) is 3.06. The minimum Gasteiger partial charge on any atom is -0.512 e. The number of aromatic nitrogens is 1. The number of aryl methyl sites for hydroxylation is 2. The second-order valence-corrected chi connectivity index (χ2v) is 13.2. The van der Waals surface area contributed by atoms with Crippen LogP contribution in [0.1, 0.15) is 104 Å². The van der Waals surface area contributed by atoms with E-state index in [1.807, 2.05) is 41.5 Å². The predicted octanol–water partition coefficient (Wildman–Crippen LogP) is 11.2. The van der Waals surface area contributed by atoms with E-state index >= 15 is 0 Å². The molecule has 4 aromatic rings. The molecule has 1 heterocycles. The zero-order chi connectivity index (χ0) is 32.1. The molecular weight excluding hydrogens is 731 g/mol. The van der Waals surface area contributed by atoms with Gasteiger partial charge in [-0.2, -0.15) is 0 Å². The molecule has 5 rings (SSSR count). The van der Waals surface area contributed by atoms with Crippen molar-refractivity contribution in [2.45, 2.75) is 99.8 Å². The number of allylic oxidation sites excluding steroid dienone is 2. The van der Waals surface area contributed by atoms with E-state index in [4.69, 9.17) is 4.98 Å². The first-order chi connectivity index (χ1) is 21.0. The van der Waals surface area contributed by atoms with E-state index in [0.717, 1.165) is 49.8 Å². The summed E-state index contributed by atoms with van der Waals surface area (Å²) >= 11 is 0. The van der Waals surface area contributed by atoms with Crippen LogP contribution >= 0.6 is 0 Å². The molecule has 241 valence electrons. The van der Waals surface area contributed by atoms with Gasteiger partial charge < -0.3 is 5.11 Å². The zero-order valence-corrected chi connectivity index (χ0v) is 30.8. The Balaban J connectivity index is 0.000000270. The van der Waals surface area contributed by atoms with Gasteiger partial charge in [0, 0.05) is 48.9 Å². The number of nitrogens with zero attached hydrogens (tertiary/aromatic N) is 1. The first-order valence-corrected chi connectivity index (χ1v) is 16.5. The molecular formula is C41H50IrNO2-. The fraction of sp³-hybridized carbons (Fsp3) is 0.415. The Hall–Kier alpha value is -3.07. The van der Waals surface area contributed by atoms with Crippen molar-refractivity contribution in [1.29, 1.82) is 0 Å². The van der Waals surface area contributed by atoms with E-state index in [-0.39, 0.29) is 42.5 Å². The number of benzene rings is 3. The molecule has 1 N–H and O–H groups in total. The van der Waals surface area contributed by atoms with Crippen molar-refractivity contribution in [3.63, 3.8) is 0 Å². The topological polar surface area (TPSA) is 50.2 Å². The Kier molecular flexibility index (Phi) is 12.5. The minimum atomic E-state index is -0.337. The van der Waals surface area contributed by atoms with Crippen LogP contribution in [0.5, 0.6) is 0 Å². The molecule has 0 unspecified atom stereocenters. The normalized spacial score (nSPS) is 13.0. The van der Waals surface area contributed by atoms with Crippen molar-refractivity contribution in [3.05, 3.63) is 101 Å². The molecule has 0 saturated heterocycles. The van der Waals surface area contributed by atoms with Gasteiger partial charge in [0.25, 0.3) is 0 Å². The summed E-state index contributed by atoms with van der Waals surface area (Å²) in [6, 6.07) is 25.4. The molecule has 0 aliphatic heterocycles. The Labute approximate surface area is 284 Å². The van der Waals surface area contributed by atoms with Gasteiger partial charge >= 0.3 is 0 Å². The molecule has 1 aliphatic carbocycles. The number of fused-ring (bicyclic) bond motifs is 4. The number of pyridine rings is 1. The van der Waals surface area contributed by atoms with Gasteiger partial charge in [-0.05, 0) is 66.7 Å². The van der Waals surface area contributed by atoms with Crippen molar-refractivity contribution in [2.75, 3.05) is 0 Å². The van der Waals surface area contributed by atoms with E-state index in [1.54, 1.807) is 0 Å². The van der Waals surface area contributed by atoms with Crippen molar-refractivity contribution in [2.24, 2.45) is 10.8 Å². The quantitative estimate of drug-likeness (QED) is 0.105. The first-order valence-electron chi connectivity index (χ1n) is 16.5. The summed E-state index contributed by atoms with van der Waals surface area (Å²) in [5, 5.41) is 12.6. The Morgan fingerprint density at radius 3 is 2.11 bits per heavy atom. The number of carbonyl (C=O) groups is 1. The summed E-state index contributed by atoms with van der Waals surface area (Å²) in [5.41, 5.74) is 8.33. The third-order valence-electron chi connectivity index (χ3n) is 10.3. The van der Waals surface area contributed by atoms with Crippen LogP contribution in [0.3, 0.4) is 0 Å². The monoisotopic (exact) mass is 781 g/mol.